The molecule has 1 saturated heterocycles. The molecule has 7 aromatic rings. The molecule has 7 aliphatic rings. The number of nitrogens with zero attached hydrogens (tertiary/aromatic N) is 7. The van der Waals surface area contributed by atoms with Crippen LogP contribution in [0.25, 0.3) is 0 Å². The molecule has 22 nitrogen and oxygen atoms in total. The summed E-state index contributed by atoms with van der Waals surface area (Å²) in [5, 5.41) is 30.8. The van der Waals surface area contributed by atoms with E-state index in [1.165, 1.54) is 78.8 Å². The van der Waals surface area contributed by atoms with Crippen LogP contribution in [-0.4, -0.2) is 103 Å². The molecule has 7 aliphatic heterocycles. The van der Waals surface area contributed by atoms with Crippen molar-refractivity contribution < 1.29 is 57.6 Å². The van der Waals surface area contributed by atoms with E-state index in [4.69, 9.17) is 49.9 Å². The third-order valence-corrected chi connectivity index (χ3v) is 17.1. The Labute approximate surface area is 550 Å². The number of aliphatic hydroxyl groups is 1. The molecule has 0 bridgehead atoms. The molecule has 0 spiro atoms. The van der Waals surface area contributed by atoms with Gasteiger partial charge in [-0.25, -0.2) is 29.8 Å². The summed E-state index contributed by atoms with van der Waals surface area (Å²) in [6.07, 6.45) is 8.05. The number of ether oxygens (including phenoxy) is 4. The van der Waals surface area contributed by atoms with E-state index in [2.05, 4.69) is 101 Å². The predicted octanol–water partition coefficient (Wildman–Crippen LogP) is 9.00. The number of nitrogen functional groups attached to an aromatic ring is 2. The van der Waals surface area contributed by atoms with Crippen LogP contribution in [0.1, 0.15) is 131 Å². The fraction of sp³-hybridized carbons (Fsp3) is 0.348. The third-order valence-electron chi connectivity index (χ3n) is 16.5. The van der Waals surface area contributed by atoms with E-state index in [9.17, 15) is 19.2 Å². The molecular formula is C69H78BBrN10O12. The lowest BCUT2D eigenvalue weighted by Gasteiger charge is -2.32. The number of hydrogen-bond acceptors (Lipinski definition) is 18. The van der Waals surface area contributed by atoms with Crippen molar-refractivity contribution in [1.82, 2.24) is 25.0 Å². The molecule has 0 saturated carbocycles. The molecule has 0 radical (unpaired) electrons. The molecule has 0 aliphatic carbocycles. The van der Waals surface area contributed by atoms with Gasteiger partial charge in [0.25, 0.3) is 5.91 Å². The molecule has 0 unspecified atom stereocenters. The highest BCUT2D eigenvalue weighted by atomic mass is 79.9. The zero-order valence-electron chi connectivity index (χ0n) is 53.2. The maximum absolute atomic E-state index is 12.3. The smallest absolute Gasteiger partial charge is 0.477 e. The third kappa shape index (κ3) is 19.0. The van der Waals surface area contributed by atoms with Crippen molar-refractivity contribution in [3.8, 4) is 0 Å². The molecule has 1 fully saturated rings. The van der Waals surface area contributed by atoms with E-state index in [0.717, 1.165) is 72.8 Å². The van der Waals surface area contributed by atoms with Crippen LogP contribution in [0.5, 0.6) is 0 Å². The summed E-state index contributed by atoms with van der Waals surface area (Å²) in [5.74, 6) is -0.0792. The molecule has 0 atom stereocenters. The zero-order valence-corrected chi connectivity index (χ0v) is 54.7. The van der Waals surface area contributed by atoms with Gasteiger partial charge in [-0.3, -0.25) is 14.4 Å². The topological polar surface area (TPSA) is 298 Å². The Bertz CT molecular complexity index is 3780. The minimum absolute atomic E-state index is 0.0482. The maximum atomic E-state index is 12.3. The number of aliphatic carboxylic acids is 1. The number of rotatable bonds is 10. The van der Waals surface area contributed by atoms with Crippen molar-refractivity contribution in [3.05, 3.63) is 206 Å². The van der Waals surface area contributed by atoms with Crippen molar-refractivity contribution in [2.45, 2.75) is 142 Å². The summed E-state index contributed by atoms with van der Waals surface area (Å²) in [5.41, 5.74) is 29.1. The maximum Gasteiger partial charge on any atom is 0.496 e. The number of anilines is 3. The molecule has 24 heteroatoms. The monoisotopic (exact) mass is 1330 g/mol. The second kappa shape index (κ2) is 31.8. The highest BCUT2D eigenvalue weighted by molar-refractivity contribution is 9.08. The highest BCUT2D eigenvalue weighted by Crippen LogP contribution is 2.36. The predicted molar refractivity (Wildman–Crippen MR) is 356 cm³/mol. The fourth-order valence-corrected chi connectivity index (χ4v) is 10.6. The molecule has 7 N–H and O–H groups in total. The number of aliphatic hydroxyl groups excluding tert-OH is 1. The second-order valence-corrected chi connectivity index (χ2v) is 24.5. The summed E-state index contributed by atoms with van der Waals surface area (Å²) in [6, 6.07) is 36.6. The molecular weight excluding hydrogens is 1250 g/mol. The number of carbonyl (C=O) groups is 4. The molecule has 10 heterocycles. The van der Waals surface area contributed by atoms with E-state index in [-0.39, 0.29) is 61.2 Å². The van der Waals surface area contributed by atoms with Gasteiger partial charge in [0, 0.05) is 69.2 Å². The Balaban J connectivity index is 0.000000137. The number of nitrogens with one attached hydrogen (secondary N) is 1. The van der Waals surface area contributed by atoms with Crippen LogP contribution >= 0.6 is 15.9 Å². The molecule has 4 aromatic carbocycles. The molecule has 3 aromatic heterocycles. The SMILES string of the molecule is BrCc1ccc2c(c1)COC2.CC1(C)OB(c2ccc(N)nc2)OC1(C)C.CN1N=C(C(=O)Nc2ccc(Cc3ccc4c(c3)COC4)cn2)CCC1=O.CN1N=C(C(=O)O)CCC1=O.Nc1ccc(Cc2ccc3c(c2)COC3)cn1.OCc1ccc2c(c1)COC2. The van der Waals surface area contributed by atoms with Crippen LogP contribution < -0.4 is 22.2 Å². The number of nitrogens with two attached hydrogens (primary N) is 2. The number of pyridine rings is 3. The van der Waals surface area contributed by atoms with E-state index < -0.39 is 5.97 Å². The molecule has 486 valence electrons. The van der Waals surface area contributed by atoms with E-state index in [1.807, 2.05) is 76.4 Å². The van der Waals surface area contributed by atoms with Crippen LogP contribution in [-0.2, 0) is 125 Å². The minimum atomic E-state index is -1.05. The summed E-state index contributed by atoms with van der Waals surface area (Å²) < 4.78 is 33.2. The lowest BCUT2D eigenvalue weighted by Crippen LogP contribution is -2.41. The van der Waals surface area contributed by atoms with Gasteiger partial charge >= 0.3 is 13.1 Å². The van der Waals surface area contributed by atoms with Gasteiger partial charge in [-0.05, 0) is 137 Å². The van der Waals surface area contributed by atoms with E-state index in [1.54, 1.807) is 31.6 Å². The summed E-state index contributed by atoms with van der Waals surface area (Å²) in [6.45, 7) is 14.1. The van der Waals surface area contributed by atoms with E-state index >= 15 is 0 Å². The number of fused-ring (bicyclic) bond motifs is 4. The van der Waals surface area contributed by atoms with Gasteiger partial charge in [0.1, 0.15) is 28.9 Å². The number of carboxylic acid groups (broad SMARTS) is 1. The van der Waals surface area contributed by atoms with Gasteiger partial charge in [-0.2, -0.15) is 10.2 Å². The van der Waals surface area contributed by atoms with Crippen LogP contribution in [0.15, 0.2) is 138 Å². The Hall–Kier alpha value is -8.59. The average Bonchev–Trinajstić information content (AvgIpc) is 1.64. The number of carboxylic acids is 1. The number of alkyl halides is 1. The number of amides is 3. The van der Waals surface area contributed by atoms with Gasteiger partial charge in [0.15, 0.2) is 0 Å². The summed E-state index contributed by atoms with van der Waals surface area (Å²) in [4.78, 5) is 57.3. The second-order valence-electron chi connectivity index (χ2n) is 24.0. The lowest BCUT2D eigenvalue weighted by molar-refractivity contribution is -0.132. The first-order valence-corrected chi connectivity index (χ1v) is 31.6. The van der Waals surface area contributed by atoms with Crippen molar-refractivity contribution in [1.29, 1.82) is 0 Å². The number of aromatic nitrogens is 3. The number of hydrogen-bond donors (Lipinski definition) is 5. The van der Waals surface area contributed by atoms with Crippen LogP contribution in [0.2, 0.25) is 0 Å². The van der Waals surface area contributed by atoms with Gasteiger partial charge in [0.05, 0.1) is 70.7 Å². The fourth-order valence-electron chi connectivity index (χ4n) is 10.3. The summed E-state index contributed by atoms with van der Waals surface area (Å²) >= 11 is 3.42. The van der Waals surface area contributed by atoms with Crippen molar-refractivity contribution in [2.75, 3.05) is 30.9 Å². The quantitative estimate of drug-likeness (QED) is 0.0630. The Morgan fingerprint density at radius 3 is 1.34 bits per heavy atom. The van der Waals surface area contributed by atoms with Gasteiger partial charge in [0.2, 0.25) is 11.8 Å². The number of benzene rings is 4. The van der Waals surface area contributed by atoms with Crippen molar-refractivity contribution in [3.63, 3.8) is 0 Å². The van der Waals surface area contributed by atoms with Crippen LogP contribution in [0, 0.1) is 0 Å². The van der Waals surface area contributed by atoms with Crippen molar-refractivity contribution in [2.24, 2.45) is 10.2 Å². The largest absolute Gasteiger partial charge is 0.496 e. The zero-order chi connectivity index (χ0) is 66.2. The number of hydrazone groups is 2. The number of carbonyl (C=O) groups excluding carboxylic acids is 3. The van der Waals surface area contributed by atoms with Crippen LogP contribution in [0.4, 0.5) is 17.5 Å². The number of halogens is 1. The molecule has 3 amide bonds. The molecule has 14 rings (SSSR count). The minimum Gasteiger partial charge on any atom is -0.477 e. The molecule has 93 heavy (non-hydrogen) atoms. The standard InChI is InChI=1S/C20H20N4O3.C14H14N2O.C11H17BN2O2.C9H9BrO.C9H10O2.C6H8N2O3/c1-24-19(25)7-5-17(23-24)20(26)22-18-6-3-14(10-21-18)8-13-2-4-15-11-27-12-16(15)9-13;15-14-4-2-11(7-16-14)5-10-1-3-12-8-17-9-13(12)6-10;1-10(2)11(3,4)16-12(15-10)8-5-6-9(13)14-7-8;2*10-4-7-1-2-8-5-11-6-9(8)3-7;1-8-5(9)3-2-4(7-8)6(10)11/h2-4,6,9-10H,5,7-8,11-12H2,1H3,(H,21,22,26);1-4,6-7H,5,8-9H2,(H2,15,16);5-7H,1-4H3,(H2,13,14);1-3H,4-6H2;1-3,10H,4-6H2;2-3H2,1H3,(H,10,11). The highest BCUT2D eigenvalue weighted by Gasteiger charge is 2.51. The first-order valence-electron chi connectivity index (χ1n) is 30.5. The first kappa shape index (κ1) is 68.8. The lowest BCUT2D eigenvalue weighted by atomic mass is 9.80. The van der Waals surface area contributed by atoms with Gasteiger partial charge in [-0.15, -0.1) is 0 Å². The van der Waals surface area contributed by atoms with Crippen LogP contribution in [0.3, 0.4) is 0 Å². The summed E-state index contributed by atoms with van der Waals surface area (Å²) in [7, 11) is 2.63. The van der Waals surface area contributed by atoms with Gasteiger partial charge in [-0.1, -0.05) is 107 Å². The average molecular weight is 1330 g/mol. The van der Waals surface area contributed by atoms with Gasteiger partial charge < -0.3 is 55.3 Å². The first-order chi connectivity index (χ1) is 44.6. The van der Waals surface area contributed by atoms with E-state index in [0.29, 0.717) is 55.8 Å². The Kier molecular flexibility index (Phi) is 23.5. The van der Waals surface area contributed by atoms with Crippen molar-refractivity contribution >= 4 is 81.1 Å². The Morgan fingerprint density at radius 2 is 0.925 bits per heavy atom. The normalized spacial score (nSPS) is 16.7. The Morgan fingerprint density at radius 1 is 0.527 bits per heavy atom.